The predicted molar refractivity (Wildman–Crippen MR) is 123 cm³/mol. The maximum Gasteiger partial charge on any atom is 0.409 e. The SMILES string of the molecule is CCn1cc(S(=O)(=O)N2CC(CNC(=O)C3CC3)Oc3ccc(NC(=O)O)cc32)c(OCCO)n1. The highest BCUT2D eigenvalue weighted by Gasteiger charge is 2.38. The molecule has 1 aromatic carbocycles. The molecule has 1 aliphatic heterocycles. The third kappa shape index (κ3) is 5.43. The van der Waals surface area contributed by atoms with Crippen molar-refractivity contribution in [1.82, 2.24) is 15.1 Å². The number of nitrogens with one attached hydrogen (secondary N) is 2. The van der Waals surface area contributed by atoms with Crippen LogP contribution in [0.5, 0.6) is 11.6 Å². The molecule has 1 atom stereocenters. The highest BCUT2D eigenvalue weighted by molar-refractivity contribution is 7.93. The molecule has 4 N–H and O–H groups in total. The number of sulfonamides is 1. The van der Waals surface area contributed by atoms with E-state index in [9.17, 15) is 18.0 Å². The molecule has 4 rings (SSSR count). The number of carbonyl (C=O) groups is 2. The number of fused-ring (bicyclic) bond motifs is 1. The van der Waals surface area contributed by atoms with Crippen LogP contribution in [0.2, 0.25) is 0 Å². The van der Waals surface area contributed by atoms with Crippen LogP contribution in [-0.2, 0) is 21.4 Å². The molecule has 1 aliphatic carbocycles. The molecule has 1 fully saturated rings. The lowest BCUT2D eigenvalue weighted by Gasteiger charge is -2.35. The number of hydrogen-bond acceptors (Lipinski definition) is 8. The molecule has 0 spiro atoms. The second kappa shape index (κ2) is 10.00. The van der Waals surface area contributed by atoms with Crippen molar-refractivity contribution in [3.05, 3.63) is 24.4 Å². The molecule has 190 valence electrons. The van der Waals surface area contributed by atoms with Gasteiger partial charge in [0.2, 0.25) is 5.91 Å². The quantitative estimate of drug-likeness (QED) is 0.362. The van der Waals surface area contributed by atoms with E-state index in [0.717, 1.165) is 17.1 Å². The number of amides is 2. The van der Waals surface area contributed by atoms with Gasteiger partial charge in [-0.3, -0.25) is 19.1 Å². The Hall–Kier alpha value is -3.52. The van der Waals surface area contributed by atoms with Crippen LogP contribution in [-0.4, -0.2) is 72.8 Å². The number of aryl methyl sites for hydroxylation is 1. The van der Waals surface area contributed by atoms with Gasteiger partial charge in [-0.25, -0.2) is 13.2 Å². The fourth-order valence-electron chi connectivity index (χ4n) is 3.64. The molecule has 0 saturated heterocycles. The number of anilines is 2. The number of rotatable bonds is 10. The minimum Gasteiger partial charge on any atom is -0.484 e. The van der Waals surface area contributed by atoms with Gasteiger partial charge in [-0.15, -0.1) is 5.10 Å². The summed E-state index contributed by atoms with van der Waals surface area (Å²) in [7, 11) is -4.27. The second-order valence-corrected chi connectivity index (χ2v) is 9.97. The number of ether oxygens (including phenoxy) is 2. The van der Waals surface area contributed by atoms with Gasteiger partial charge in [0.05, 0.1) is 25.4 Å². The first-order valence-electron chi connectivity index (χ1n) is 11.1. The van der Waals surface area contributed by atoms with Crippen LogP contribution in [0, 0.1) is 5.92 Å². The van der Waals surface area contributed by atoms with Crippen molar-refractivity contribution < 1.29 is 37.7 Å². The van der Waals surface area contributed by atoms with Gasteiger partial charge in [-0.05, 0) is 38.0 Å². The van der Waals surface area contributed by atoms with Crippen LogP contribution in [0.25, 0.3) is 0 Å². The molecule has 2 amide bonds. The minimum absolute atomic E-state index is 0.0125. The second-order valence-electron chi connectivity index (χ2n) is 8.13. The number of aliphatic hydroxyl groups excluding tert-OH is 1. The molecule has 2 heterocycles. The Kier molecular flexibility index (Phi) is 7.03. The maximum atomic E-state index is 13.8. The maximum absolute atomic E-state index is 13.8. The monoisotopic (exact) mass is 509 g/mol. The lowest BCUT2D eigenvalue weighted by Crippen LogP contribution is -2.48. The van der Waals surface area contributed by atoms with E-state index >= 15 is 0 Å². The summed E-state index contributed by atoms with van der Waals surface area (Å²) in [5.41, 5.74) is 0.278. The van der Waals surface area contributed by atoms with Crippen LogP contribution in [0.4, 0.5) is 16.2 Å². The summed E-state index contributed by atoms with van der Waals surface area (Å²) in [4.78, 5) is 23.0. The first-order valence-corrected chi connectivity index (χ1v) is 12.6. The molecule has 35 heavy (non-hydrogen) atoms. The summed E-state index contributed by atoms with van der Waals surface area (Å²) in [6.45, 7) is 1.64. The summed E-state index contributed by atoms with van der Waals surface area (Å²) < 4.78 is 41.5. The lowest BCUT2D eigenvalue weighted by atomic mass is 10.2. The highest BCUT2D eigenvalue weighted by atomic mass is 32.2. The topological polar surface area (TPSA) is 172 Å². The van der Waals surface area contributed by atoms with Gasteiger partial charge in [0, 0.05) is 24.3 Å². The standard InChI is InChI=1S/C21H27N5O8S/c1-2-25-12-18(20(24-25)33-8-7-27)35(31,32)26-11-15(10-22-19(28)13-3-4-13)34-17-6-5-14(9-16(17)26)23-21(29)30/h5-6,9,12-13,15,23,27H,2-4,7-8,10-11H2,1H3,(H,22,28)(H,29,30). The Bertz CT molecular complexity index is 1210. The normalized spacial score (nSPS) is 17.3. The Balaban J connectivity index is 1.70. The van der Waals surface area contributed by atoms with E-state index in [2.05, 4.69) is 15.7 Å². The third-order valence-corrected chi connectivity index (χ3v) is 7.27. The molecule has 1 unspecified atom stereocenters. The van der Waals surface area contributed by atoms with Crippen molar-refractivity contribution in [3.8, 4) is 11.6 Å². The molecular weight excluding hydrogens is 482 g/mol. The average Bonchev–Trinajstić information content (AvgIpc) is 3.59. The summed E-state index contributed by atoms with van der Waals surface area (Å²) in [5, 5.41) is 27.3. The lowest BCUT2D eigenvalue weighted by molar-refractivity contribution is -0.122. The molecule has 2 aliphatic rings. The van der Waals surface area contributed by atoms with Gasteiger partial charge in [-0.2, -0.15) is 0 Å². The average molecular weight is 510 g/mol. The zero-order valence-electron chi connectivity index (χ0n) is 19.0. The number of benzene rings is 1. The largest absolute Gasteiger partial charge is 0.484 e. The van der Waals surface area contributed by atoms with Gasteiger partial charge >= 0.3 is 6.09 Å². The molecule has 0 radical (unpaired) electrons. The van der Waals surface area contributed by atoms with Gasteiger partial charge in [-0.1, -0.05) is 0 Å². The van der Waals surface area contributed by atoms with Gasteiger partial charge in [0.1, 0.15) is 18.5 Å². The van der Waals surface area contributed by atoms with Crippen LogP contribution < -0.4 is 24.4 Å². The Morgan fingerprint density at radius 1 is 1.31 bits per heavy atom. The highest BCUT2D eigenvalue weighted by Crippen LogP contribution is 2.40. The van der Waals surface area contributed by atoms with E-state index in [1.165, 1.54) is 29.1 Å². The van der Waals surface area contributed by atoms with E-state index < -0.39 is 22.2 Å². The minimum atomic E-state index is -4.27. The molecular formula is C21H27N5O8S. The Labute approximate surface area is 201 Å². The summed E-state index contributed by atoms with van der Waals surface area (Å²) in [6.07, 6.45) is 0.998. The molecule has 13 nitrogen and oxygen atoms in total. The number of hydrogen-bond donors (Lipinski definition) is 4. The number of aliphatic hydroxyl groups is 1. The smallest absolute Gasteiger partial charge is 0.409 e. The number of carbonyl (C=O) groups excluding carboxylic acids is 1. The zero-order valence-corrected chi connectivity index (χ0v) is 19.8. The Morgan fingerprint density at radius 2 is 2.09 bits per heavy atom. The van der Waals surface area contributed by atoms with Crippen molar-refractivity contribution in [2.24, 2.45) is 5.92 Å². The first kappa shape index (κ1) is 24.6. The predicted octanol–water partition coefficient (Wildman–Crippen LogP) is 0.847. The van der Waals surface area contributed by atoms with Crippen molar-refractivity contribution in [2.75, 3.05) is 35.9 Å². The number of aromatic nitrogens is 2. The van der Waals surface area contributed by atoms with Crippen molar-refractivity contribution in [2.45, 2.75) is 37.3 Å². The molecule has 2 aromatic rings. The van der Waals surface area contributed by atoms with E-state index in [0.29, 0.717) is 6.54 Å². The van der Waals surface area contributed by atoms with E-state index in [4.69, 9.17) is 19.7 Å². The van der Waals surface area contributed by atoms with Crippen molar-refractivity contribution >= 4 is 33.4 Å². The molecule has 0 bridgehead atoms. The molecule has 1 aromatic heterocycles. The fraction of sp³-hybridized carbons (Fsp3) is 0.476. The number of carboxylic acid groups (broad SMARTS) is 1. The van der Waals surface area contributed by atoms with Crippen LogP contribution >= 0.6 is 0 Å². The first-order chi connectivity index (χ1) is 16.7. The van der Waals surface area contributed by atoms with E-state index in [1.807, 2.05) is 0 Å². The van der Waals surface area contributed by atoms with Crippen LogP contribution in [0.3, 0.4) is 0 Å². The summed E-state index contributed by atoms with van der Waals surface area (Å²) >= 11 is 0. The van der Waals surface area contributed by atoms with Crippen molar-refractivity contribution in [3.63, 3.8) is 0 Å². The summed E-state index contributed by atoms with van der Waals surface area (Å²) in [6, 6.07) is 4.28. The van der Waals surface area contributed by atoms with E-state index in [-0.39, 0.29) is 66.0 Å². The van der Waals surface area contributed by atoms with Crippen LogP contribution in [0.1, 0.15) is 19.8 Å². The number of nitrogens with zero attached hydrogens (tertiary/aromatic N) is 3. The van der Waals surface area contributed by atoms with Gasteiger partial charge < -0.3 is 25.0 Å². The van der Waals surface area contributed by atoms with Gasteiger partial charge in [0.25, 0.3) is 15.9 Å². The molecule has 14 heteroatoms. The fourth-order valence-corrected chi connectivity index (χ4v) is 5.21. The van der Waals surface area contributed by atoms with Crippen molar-refractivity contribution in [1.29, 1.82) is 0 Å². The summed E-state index contributed by atoms with van der Waals surface area (Å²) in [5.74, 6) is -0.0605. The van der Waals surface area contributed by atoms with E-state index in [1.54, 1.807) is 6.92 Å². The Morgan fingerprint density at radius 3 is 2.74 bits per heavy atom. The zero-order chi connectivity index (χ0) is 25.2. The van der Waals surface area contributed by atoms with Gasteiger partial charge in [0.15, 0.2) is 4.90 Å². The van der Waals surface area contributed by atoms with Crippen LogP contribution in [0.15, 0.2) is 29.3 Å². The third-order valence-electron chi connectivity index (χ3n) is 5.51. The molecule has 1 saturated carbocycles.